The van der Waals surface area contributed by atoms with Crippen molar-refractivity contribution in [3.8, 4) is 22.3 Å². The number of halogens is 2. The number of hydrogen-bond donors (Lipinski definition) is 0. The molecule has 0 N–H and O–H groups in total. The van der Waals surface area contributed by atoms with Gasteiger partial charge in [0.2, 0.25) is 0 Å². The molecule has 1 radical (unpaired) electrons. The van der Waals surface area contributed by atoms with Gasteiger partial charge in [-0.15, -0.1) is 33.4 Å². The number of rotatable bonds is 7. The summed E-state index contributed by atoms with van der Waals surface area (Å²) in [5, 5.41) is 10.4. The zero-order chi connectivity index (χ0) is 41.9. The summed E-state index contributed by atoms with van der Waals surface area (Å²) in [6, 6.07) is 58.8. The summed E-state index contributed by atoms with van der Waals surface area (Å²) in [7, 11) is 0. The maximum atomic E-state index is 4.20. The minimum Gasteiger partial charge on any atom is -1.00 e. The summed E-state index contributed by atoms with van der Waals surface area (Å²) in [5.74, 6) is 0. The quantitative estimate of drug-likeness (QED) is 0.142. The Morgan fingerprint density at radius 3 is 1.62 bits per heavy atom. The SMILES string of the molecule is CC(C)(C)c1cc2c(cc1-c1ccccc1)=[C-]c1c(C3=CC=CC3)c(-c3ccccc3)c(C(C)(C)C)c(=C(Cc3cccc4ccccc34)Cc3cccc4ccccc34)c1=2.[Cl-].[Cl-].[Zr+3]. The van der Waals surface area contributed by atoms with Gasteiger partial charge in [0.1, 0.15) is 0 Å². The second kappa shape index (κ2) is 18.8. The molecule has 3 heteroatoms. The standard InChI is InChI=1S/C61H53.2ClH.Zr/c1-60(2,3)54-39-52-47(37-51(54)42-21-9-7-10-22-42)38-53-55(43-27-13-14-28-43)56(44-25-11-8-12-26-44)59(61(4,5)6)57(58(52)53)48(35-45-31-19-29-40-23-15-17-33-49(40)45)36-46-32-20-30-41-24-16-18-34-50(41)46;;;/h7-27,29-34,37,39H,28,35-36H2,1-6H3;2*1H;/q-1;;;+3/p-2. The number of allylic oxidation sites excluding steroid dienone is 4. The van der Waals surface area contributed by atoms with E-state index in [2.05, 4.69) is 224 Å². The Morgan fingerprint density at radius 1 is 0.562 bits per heavy atom. The summed E-state index contributed by atoms with van der Waals surface area (Å²) in [6.07, 6.45) is 13.7. The van der Waals surface area contributed by atoms with Gasteiger partial charge in [0, 0.05) is 0 Å². The van der Waals surface area contributed by atoms with Crippen LogP contribution in [0, 0.1) is 10.4 Å². The fourth-order valence-corrected chi connectivity index (χ4v) is 10.2. The van der Waals surface area contributed by atoms with Crippen LogP contribution in [0.25, 0.3) is 61.0 Å². The molecule has 0 aliphatic heterocycles. The van der Waals surface area contributed by atoms with Crippen LogP contribution in [0.15, 0.2) is 176 Å². The van der Waals surface area contributed by atoms with Gasteiger partial charge in [-0.1, -0.05) is 233 Å². The summed E-state index contributed by atoms with van der Waals surface area (Å²) in [6.45, 7) is 14.4. The van der Waals surface area contributed by atoms with E-state index in [9.17, 15) is 0 Å². The Hall–Kier alpha value is -5.04. The molecule has 0 spiro atoms. The fourth-order valence-electron chi connectivity index (χ4n) is 10.2. The van der Waals surface area contributed by atoms with Crippen LogP contribution in [0.2, 0.25) is 0 Å². The Labute approximate surface area is 410 Å². The van der Waals surface area contributed by atoms with Crippen LogP contribution in [-0.4, -0.2) is 0 Å². The molecule has 64 heavy (non-hydrogen) atoms. The van der Waals surface area contributed by atoms with Gasteiger partial charge < -0.3 is 24.8 Å². The molecule has 10 rings (SSSR count). The molecule has 0 unspecified atom stereocenters. The number of benzene rings is 8. The van der Waals surface area contributed by atoms with Gasteiger partial charge in [-0.05, 0) is 96.1 Å². The predicted molar refractivity (Wildman–Crippen MR) is 261 cm³/mol. The van der Waals surface area contributed by atoms with Crippen molar-refractivity contribution in [3.63, 3.8) is 0 Å². The minimum atomic E-state index is -0.223. The van der Waals surface area contributed by atoms with Crippen LogP contribution in [0.4, 0.5) is 0 Å². The molecule has 0 amide bonds. The van der Waals surface area contributed by atoms with E-state index < -0.39 is 0 Å². The Bertz CT molecular complexity index is 3230. The predicted octanol–water partition coefficient (Wildman–Crippen LogP) is 8.21. The fraction of sp³-hybridized carbons (Fsp3) is 0.180. The topological polar surface area (TPSA) is 0 Å². The molecule has 0 saturated heterocycles. The Kier molecular flexibility index (Phi) is 13.8. The van der Waals surface area contributed by atoms with E-state index in [1.807, 2.05) is 0 Å². The first-order valence-corrected chi connectivity index (χ1v) is 22.0. The molecule has 2 aliphatic carbocycles. The number of fused-ring (bicyclic) bond motifs is 4. The number of hydrogen-bond acceptors (Lipinski definition) is 0. The van der Waals surface area contributed by atoms with Crippen molar-refractivity contribution >= 4 is 38.8 Å². The summed E-state index contributed by atoms with van der Waals surface area (Å²) in [4.78, 5) is 0. The van der Waals surface area contributed by atoms with E-state index in [0.717, 1.165) is 19.3 Å². The molecule has 0 fully saturated rings. The van der Waals surface area contributed by atoms with Crippen molar-refractivity contribution in [3.05, 3.63) is 230 Å². The van der Waals surface area contributed by atoms with Crippen molar-refractivity contribution in [1.82, 2.24) is 0 Å². The molecule has 0 nitrogen and oxygen atoms in total. The molecular formula is C61H53Cl2Zr. The Morgan fingerprint density at radius 2 is 1.09 bits per heavy atom. The van der Waals surface area contributed by atoms with E-state index >= 15 is 0 Å². The zero-order valence-electron chi connectivity index (χ0n) is 37.6. The van der Waals surface area contributed by atoms with E-state index in [1.54, 1.807) is 0 Å². The third-order valence-corrected chi connectivity index (χ3v) is 12.9. The van der Waals surface area contributed by atoms with E-state index in [4.69, 9.17) is 0 Å². The van der Waals surface area contributed by atoms with Crippen molar-refractivity contribution in [2.45, 2.75) is 71.6 Å². The van der Waals surface area contributed by atoms with Gasteiger partial charge in [0.05, 0.1) is 0 Å². The van der Waals surface area contributed by atoms with Crippen LogP contribution >= 0.6 is 0 Å². The molecule has 0 aromatic heterocycles. The maximum Gasteiger partial charge on any atom is 3.00 e. The van der Waals surface area contributed by atoms with Crippen molar-refractivity contribution < 1.29 is 51.0 Å². The molecule has 315 valence electrons. The molecular weight excluding hydrogens is 895 g/mol. The first-order chi connectivity index (χ1) is 29.5. The first kappa shape index (κ1) is 46.9. The molecule has 0 atom stereocenters. The maximum absolute atomic E-state index is 4.20. The zero-order valence-corrected chi connectivity index (χ0v) is 41.6. The van der Waals surface area contributed by atoms with E-state index in [-0.39, 0.29) is 61.8 Å². The second-order valence-corrected chi connectivity index (χ2v) is 19.1. The Balaban J connectivity index is 0.00000204. The van der Waals surface area contributed by atoms with Crippen molar-refractivity contribution in [2.24, 2.45) is 0 Å². The van der Waals surface area contributed by atoms with Crippen LogP contribution in [0.1, 0.15) is 81.3 Å². The van der Waals surface area contributed by atoms with E-state index in [0.29, 0.717) is 0 Å². The van der Waals surface area contributed by atoms with Crippen molar-refractivity contribution in [2.75, 3.05) is 0 Å². The van der Waals surface area contributed by atoms with Gasteiger partial charge in [-0.25, -0.2) is 0 Å². The van der Waals surface area contributed by atoms with Gasteiger partial charge >= 0.3 is 26.2 Å². The first-order valence-electron chi connectivity index (χ1n) is 22.0. The van der Waals surface area contributed by atoms with E-state index in [1.165, 1.54) is 109 Å². The normalized spacial score (nSPS) is 12.7. The third-order valence-electron chi connectivity index (χ3n) is 12.9. The third kappa shape index (κ3) is 8.61. The van der Waals surface area contributed by atoms with Gasteiger partial charge in [-0.3, -0.25) is 0 Å². The monoisotopic (exact) mass is 945 g/mol. The molecule has 0 saturated carbocycles. The molecule has 8 aromatic rings. The summed E-state index contributed by atoms with van der Waals surface area (Å²) in [5.41, 5.74) is 15.6. The average Bonchev–Trinajstić information content (AvgIpc) is 3.94. The van der Waals surface area contributed by atoms with Crippen LogP contribution in [0.3, 0.4) is 0 Å². The van der Waals surface area contributed by atoms with Crippen LogP contribution in [0.5, 0.6) is 0 Å². The molecule has 0 heterocycles. The second-order valence-electron chi connectivity index (χ2n) is 19.1. The summed E-state index contributed by atoms with van der Waals surface area (Å²) < 4.78 is 0. The van der Waals surface area contributed by atoms with Crippen molar-refractivity contribution in [1.29, 1.82) is 0 Å². The van der Waals surface area contributed by atoms with Gasteiger partial charge in [0.25, 0.3) is 0 Å². The van der Waals surface area contributed by atoms with Crippen LogP contribution in [-0.2, 0) is 49.9 Å². The minimum absolute atomic E-state index is 0. The molecule has 8 aromatic carbocycles. The average molecular weight is 948 g/mol. The van der Waals surface area contributed by atoms with Gasteiger partial charge in [0.15, 0.2) is 0 Å². The molecule has 0 bridgehead atoms. The molecule has 2 aliphatic rings. The summed E-state index contributed by atoms with van der Waals surface area (Å²) >= 11 is 0. The largest absolute Gasteiger partial charge is 3.00 e. The van der Waals surface area contributed by atoms with Gasteiger partial charge in [-0.2, -0.15) is 0 Å². The van der Waals surface area contributed by atoms with Crippen LogP contribution < -0.4 is 35.3 Å². The smallest absolute Gasteiger partial charge is 1.00 e.